The molecule has 0 radical (unpaired) electrons. The van der Waals surface area contributed by atoms with Gasteiger partial charge in [0.05, 0.1) is 5.52 Å². The van der Waals surface area contributed by atoms with Gasteiger partial charge in [-0.3, -0.25) is 4.57 Å². The summed E-state index contributed by atoms with van der Waals surface area (Å²) in [6.07, 6.45) is 2.02. The minimum Gasteiger partial charge on any atom is -0.408 e. The number of hydrogen-bond donors (Lipinski definition) is 1. The number of oxazole rings is 1. The first-order valence-corrected chi connectivity index (χ1v) is 7.95. The van der Waals surface area contributed by atoms with E-state index in [-0.39, 0.29) is 11.8 Å². The summed E-state index contributed by atoms with van der Waals surface area (Å²) in [5.74, 6) is 0.227. The van der Waals surface area contributed by atoms with Crippen LogP contribution in [-0.2, 0) is 6.54 Å². The fraction of sp³-hybridized carbons (Fsp3) is 0.588. The molecule has 0 bridgehead atoms. The van der Waals surface area contributed by atoms with Gasteiger partial charge in [-0.25, -0.2) is 4.79 Å². The first-order valence-electron chi connectivity index (χ1n) is 7.95. The van der Waals surface area contributed by atoms with Gasteiger partial charge in [0.15, 0.2) is 5.58 Å². The topological polar surface area (TPSA) is 47.2 Å². The van der Waals surface area contributed by atoms with Crippen LogP contribution in [0, 0.1) is 5.92 Å². The van der Waals surface area contributed by atoms with E-state index in [1.54, 1.807) is 4.57 Å². The molecule has 1 aromatic heterocycles. The number of nitrogens with zero attached hydrogens (tertiary/aromatic N) is 1. The lowest BCUT2D eigenvalue weighted by Gasteiger charge is -2.22. The quantitative estimate of drug-likeness (QED) is 0.845. The number of aromatic nitrogens is 1. The molecular weight excluding hydrogens is 264 g/mol. The number of rotatable bonds is 7. The van der Waals surface area contributed by atoms with E-state index < -0.39 is 0 Å². The van der Waals surface area contributed by atoms with Gasteiger partial charge in [-0.15, -0.1) is 0 Å². The zero-order valence-electron chi connectivity index (χ0n) is 13.5. The highest BCUT2D eigenvalue weighted by molar-refractivity contribution is 5.74. The van der Waals surface area contributed by atoms with E-state index >= 15 is 0 Å². The Morgan fingerprint density at radius 1 is 1.24 bits per heavy atom. The molecule has 0 aliphatic rings. The highest BCUT2D eigenvalue weighted by Gasteiger charge is 2.17. The van der Waals surface area contributed by atoms with Gasteiger partial charge in [-0.2, -0.15) is 0 Å². The molecule has 1 heterocycles. The van der Waals surface area contributed by atoms with Crippen molar-refractivity contribution >= 4 is 11.1 Å². The second-order valence-electron chi connectivity index (χ2n) is 5.92. The Kier molecular flexibility index (Phi) is 5.23. The summed E-state index contributed by atoms with van der Waals surface area (Å²) in [7, 11) is 0. The molecule has 0 spiro atoms. The molecule has 0 amide bonds. The first-order chi connectivity index (χ1) is 10.1. The van der Waals surface area contributed by atoms with Crippen molar-refractivity contribution in [3.63, 3.8) is 0 Å². The molecule has 4 heteroatoms. The van der Waals surface area contributed by atoms with E-state index in [1.807, 2.05) is 12.1 Å². The van der Waals surface area contributed by atoms with Crippen LogP contribution >= 0.6 is 0 Å². The zero-order valence-corrected chi connectivity index (χ0v) is 13.5. The Hall–Kier alpha value is -1.55. The SMILES string of the molecule is CCCNC(c1ccc2c(c1)oc(=O)n2CCC)C(C)C. The molecule has 1 atom stereocenters. The average Bonchev–Trinajstić information content (AvgIpc) is 2.75. The molecular formula is C17H26N2O2. The fourth-order valence-electron chi connectivity index (χ4n) is 2.75. The molecule has 0 aliphatic heterocycles. The molecule has 116 valence electrons. The van der Waals surface area contributed by atoms with E-state index in [4.69, 9.17) is 4.42 Å². The maximum absolute atomic E-state index is 11.9. The lowest BCUT2D eigenvalue weighted by molar-refractivity contribution is 0.412. The van der Waals surface area contributed by atoms with Crippen molar-refractivity contribution in [3.8, 4) is 0 Å². The summed E-state index contributed by atoms with van der Waals surface area (Å²) in [4.78, 5) is 11.9. The maximum Gasteiger partial charge on any atom is 0.419 e. The van der Waals surface area contributed by atoms with Crippen LogP contribution < -0.4 is 11.1 Å². The molecule has 0 saturated carbocycles. The Morgan fingerprint density at radius 3 is 2.62 bits per heavy atom. The summed E-state index contributed by atoms with van der Waals surface area (Å²) < 4.78 is 7.12. The predicted octanol–water partition coefficient (Wildman–Crippen LogP) is 3.70. The number of fused-ring (bicyclic) bond motifs is 1. The first kappa shape index (κ1) is 15.8. The molecule has 1 aromatic carbocycles. The lowest BCUT2D eigenvalue weighted by atomic mass is 9.95. The van der Waals surface area contributed by atoms with Gasteiger partial charge in [0.2, 0.25) is 0 Å². The molecule has 0 fully saturated rings. The van der Waals surface area contributed by atoms with Gasteiger partial charge >= 0.3 is 5.76 Å². The molecule has 1 N–H and O–H groups in total. The summed E-state index contributed by atoms with van der Waals surface area (Å²) in [6.45, 7) is 10.3. The van der Waals surface area contributed by atoms with Gasteiger partial charge in [-0.1, -0.05) is 33.8 Å². The molecule has 2 rings (SSSR count). The summed E-state index contributed by atoms with van der Waals surface area (Å²) in [5.41, 5.74) is 2.77. The summed E-state index contributed by atoms with van der Waals surface area (Å²) in [6, 6.07) is 6.41. The number of benzene rings is 1. The van der Waals surface area contributed by atoms with Gasteiger partial charge in [0.25, 0.3) is 0 Å². The van der Waals surface area contributed by atoms with Crippen LogP contribution in [-0.4, -0.2) is 11.1 Å². The molecule has 1 unspecified atom stereocenters. The van der Waals surface area contributed by atoms with Crippen LogP contribution in [0.15, 0.2) is 27.4 Å². The summed E-state index contributed by atoms with van der Waals surface area (Å²) in [5, 5.41) is 3.57. The van der Waals surface area contributed by atoms with E-state index in [2.05, 4.69) is 39.1 Å². The second-order valence-corrected chi connectivity index (χ2v) is 5.92. The Labute approximate surface area is 126 Å². The Bertz CT molecular complexity index is 640. The van der Waals surface area contributed by atoms with E-state index in [0.29, 0.717) is 18.0 Å². The maximum atomic E-state index is 11.9. The third-order valence-corrected chi connectivity index (χ3v) is 3.78. The van der Waals surface area contributed by atoms with Crippen molar-refractivity contribution in [1.29, 1.82) is 0 Å². The van der Waals surface area contributed by atoms with Crippen molar-refractivity contribution in [1.82, 2.24) is 9.88 Å². The standard InChI is InChI=1S/C17H26N2O2/c1-5-9-18-16(12(3)4)13-7-8-14-15(11-13)21-17(20)19(14)10-6-2/h7-8,11-12,16,18H,5-6,9-10H2,1-4H3. The van der Waals surface area contributed by atoms with Crippen molar-refractivity contribution in [2.75, 3.05) is 6.54 Å². The fourth-order valence-corrected chi connectivity index (χ4v) is 2.75. The largest absolute Gasteiger partial charge is 0.419 e. The number of aryl methyl sites for hydroxylation is 1. The van der Waals surface area contributed by atoms with Gasteiger partial charge in [0.1, 0.15) is 0 Å². The predicted molar refractivity (Wildman–Crippen MR) is 86.6 cm³/mol. The van der Waals surface area contributed by atoms with Crippen molar-refractivity contribution in [2.45, 2.75) is 53.1 Å². The van der Waals surface area contributed by atoms with Crippen LogP contribution in [0.3, 0.4) is 0 Å². The lowest BCUT2D eigenvalue weighted by Crippen LogP contribution is -2.26. The highest BCUT2D eigenvalue weighted by atomic mass is 16.4. The highest BCUT2D eigenvalue weighted by Crippen LogP contribution is 2.25. The monoisotopic (exact) mass is 290 g/mol. The molecule has 4 nitrogen and oxygen atoms in total. The normalized spacial score (nSPS) is 13.2. The van der Waals surface area contributed by atoms with Gasteiger partial charge in [-0.05, 0) is 43.0 Å². The Balaban J connectivity index is 2.39. The third kappa shape index (κ3) is 3.38. The van der Waals surface area contributed by atoms with E-state index in [0.717, 1.165) is 24.9 Å². The van der Waals surface area contributed by atoms with Gasteiger partial charge < -0.3 is 9.73 Å². The van der Waals surface area contributed by atoms with Crippen molar-refractivity contribution in [3.05, 3.63) is 34.3 Å². The number of hydrogen-bond acceptors (Lipinski definition) is 3. The van der Waals surface area contributed by atoms with E-state index in [9.17, 15) is 4.79 Å². The number of nitrogens with one attached hydrogen (secondary N) is 1. The van der Waals surface area contributed by atoms with Crippen LogP contribution in [0.2, 0.25) is 0 Å². The minimum absolute atomic E-state index is 0.258. The molecule has 0 saturated heterocycles. The van der Waals surface area contributed by atoms with Crippen LogP contribution in [0.5, 0.6) is 0 Å². The van der Waals surface area contributed by atoms with Crippen molar-refractivity contribution < 1.29 is 4.42 Å². The van der Waals surface area contributed by atoms with E-state index in [1.165, 1.54) is 5.56 Å². The van der Waals surface area contributed by atoms with Crippen molar-refractivity contribution in [2.24, 2.45) is 5.92 Å². The molecule has 0 aliphatic carbocycles. The molecule has 2 aromatic rings. The average molecular weight is 290 g/mol. The Morgan fingerprint density at radius 2 is 2.00 bits per heavy atom. The van der Waals surface area contributed by atoms with Crippen LogP contribution in [0.4, 0.5) is 0 Å². The minimum atomic E-state index is -0.258. The smallest absolute Gasteiger partial charge is 0.408 e. The zero-order chi connectivity index (χ0) is 15.4. The summed E-state index contributed by atoms with van der Waals surface area (Å²) >= 11 is 0. The molecule has 21 heavy (non-hydrogen) atoms. The second kappa shape index (κ2) is 6.94. The van der Waals surface area contributed by atoms with Gasteiger partial charge in [0, 0.05) is 12.6 Å². The van der Waals surface area contributed by atoms with Crippen LogP contribution in [0.25, 0.3) is 11.1 Å². The third-order valence-electron chi connectivity index (χ3n) is 3.78. The van der Waals surface area contributed by atoms with Crippen LogP contribution in [0.1, 0.15) is 52.1 Å².